The molecule has 0 unspecified atom stereocenters. The Balaban J connectivity index is 1.32. The first-order chi connectivity index (χ1) is 20.2. The van der Waals surface area contributed by atoms with E-state index in [1.54, 1.807) is 66.5 Å². The lowest BCUT2D eigenvalue weighted by Gasteiger charge is -2.32. The molecule has 3 heterocycles. The third-order valence-corrected chi connectivity index (χ3v) is 7.97. The number of aryl methyl sites for hydroxylation is 1. The van der Waals surface area contributed by atoms with Crippen LogP contribution in [0, 0.1) is 0 Å². The second-order valence-corrected chi connectivity index (χ2v) is 10.8. The molecule has 12 heteroatoms. The lowest BCUT2D eigenvalue weighted by molar-refractivity contribution is 0.0540. The number of nitrogens with zero attached hydrogens (tertiary/aromatic N) is 4. The van der Waals surface area contributed by atoms with E-state index in [2.05, 4.69) is 10.5 Å². The highest BCUT2D eigenvalue weighted by atomic mass is 35.5. The summed E-state index contributed by atoms with van der Waals surface area (Å²) in [4.78, 5) is 41.0. The fourth-order valence-electron chi connectivity index (χ4n) is 5.35. The van der Waals surface area contributed by atoms with Gasteiger partial charge in [-0.25, -0.2) is 9.80 Å². The number of nitrogens with one attached hydrogen (secondary N) is 1. The van der Waals surface area contributed by atoms with Crippen molar-refractivity contribution >= 4 is 46.7 Å². The molecule has 0 saturated carbocycles. The standard InChI is InChI=1S/C30H25Cl2N5O5/c1-35-15-20(14-33-35)19-11-23(31)27(24(32)12-19)29(39)37-16-18-3-2-4-21(26(18)28(38)34-37)17-5-6-22(30(40)41)25(13-17)36-7-9-42-10-8-36/h2-6,11-15H,7-10,16H2,1H3,(H,34,38)(H,40,41). The number of halogens is 2. The molecule has 1 saturated heterocycles. The lowest BCUT2D eigenvalue weighted by atomic mass is 9.92. The van der Waals surface area contributed by atoms with E-state index in [0.717, 1.165) is 5.56 Å². The fraction of sp³-hybridized carbons (Fsp3) is 0.200. The number of carboxylic acid groups (broad SMARTS) is 1. The maximum atomic E-state index is 13.6. The molecule has 1 aromatic heterocycles. The SMILES string of the molecule is Cn1cc(-c2cc(Cl)c(C(=O)N3Cc4cccc(-c5ccc(C(=O)O)c(N6CCOCC6)c5)c4C(=O)N3)c(Cl)c2)cn1. The first-order valence-electron chi connectivity index (χ1n) is 13.1. The number of hydrogen-bond donors (Lipinski definition) is 2. The molecule has 0 aliphatic carbocycles. The van der Waals surface area contributed by atoms with Gasteiger partial charge in [0.05, 0.1) is 58.4 Å². The minimum absolute atomic E-state index is 0.0743. The van der Waals surface area contributed by atoms with Gasteiger partial charge in [0, 0.05) is 31.9 Å². The molecule has 0 spiro atoms. The molecule has 0 atom stereocenters. The molecule has 6 rings (SSSR count). The number of benzene rings is 3. The van der Waals surface area contributed by atoms with Crippen LogP contribution >= 0.6 is 23.2 Å². The highest BCUT2D eigenvalue weighted by Gasteiger charge is 2.32. The molecule has 2 aliphatic heterocycles. The zero-order valence-corrected chi connectivity index (χ0v) is 23.9. The summed E-state index contributed by atoms with van der Waals surface area (Å²) in [7, 11) is 1.79. The van der Waals surface area contributed by atoms with Gasteiger partial charge in [-0.3, -0.25) is 19.7 Å². The Labute approximate surface area is 251 Å². The average Bonchev–Trinajstić information content (AvgIpc) is 3.42. The Hall–Kier alpha value is -4.38. The van der Waals surface area contributed by atoms with Gasteiger partial charge in [0.1, 0.15) is 0 Å². The number of fused-ring (bicyclic) bond motifs is 1. The number of aromatic nitrogens is 2. The van der Waals surface area contributed by atoms with Crippen LogP contribution in [-0.2, 0) is 18.3 Å². The van der Waals surface area contributed by atoms with Gasteiger partial charge < -0.3 is 14.7 Å². The first-order valence-corrected chi connectivity index (χ1v) is 13.9. The third-order valence-electron chi connectivity index (χ3n) is 7.37. The Morgan fingerprint density at radius 2 is 1.74 bits per heavy atom. The van der Waals surface area contributed by atoms with Crippen LogP contribution in [0.15, 0.2) is 60.9 Å². The zero-order chi connectivity index (χ0) is 29.5. The summed E-state index contributed by atoms with van der Waals surface area (Å²) in [5.41, 5.74) is 7.34. The highest BCUT2D eigenvalue weighted by molar-refractivity contribution is 6.40. The zero-order valence-electron chi connectivity index (χ0n) is 22.4. The summed E-state index contributed by atoms with van der Waals surface area (Å²) in [6.07, 6.45) is 3.48. The van der Waals surface area contributed by atoms with Gasteiger partial charge in [-0.05, 0) is 46.5 Å². The first kappa shape index (κ1) is 27.8. The number of carboxylic acids is 1. The second-order valence-electron chi connectivity index (χ2n) is 10.0. The number of hydrogen-bond acceptors (Lipinski definition) is 6. The van der Waals surface area contributed by atoms with Gasteiger partial charge in [0.25, 0.3) is 11.8 Å². The van der Waals surface area contributed by atoms with Crippen molar-refractivity contribution in [3.8, 4) is 22.3 Å². The Morgan fingerprint density at radius 3 is 2.40 bits per heavy atom. The number of carbonyl (C=O) groups is 3. The maximum absolute atomic E-state index is 13.6. The normalized spacial score (nSPS) is 14.9. The predicted molar refractivity (Wildman–Crippen MR) is 158 cm³/mol. The van der Waals surface area contributed by atoms with Crippen LogP contribution in [0.1, 0.15) is 36.6 Å². The molecule has 2 aliphatic rings. The van der Waals surface area contributed by atoms with Crippen molar-refractivity contribution < 1.29 is 24.2 Å². The largest absolute Gasteiger partial charge is 0.478 e. The van der Waals surface area contributed by atoms with E-state index < -0.39 is 17.8 Å². The van der Waals surface area contributed by atoms with Crippen LogP contribution in [-0.4, -0.2) is 64.0 Å². The number of hydrazine groups is 1. The molecule has 1 fully saturated rings. The Kier molecular flexibility index (Phi) is 7.36. The van der Waals surface area contributed by atoms with E-state index in [1.807, 2.05) is 11.1 Å². The highest BCUT2D eigenvalue weighted by Crippen LogP contribution is 2.36. The number of carbonyl (C=O) groups excluding carboxylic acids is 2. The summed E-state index contributed by atoms with van der Waals surface area (Å²) in [6, 6.07) is 13.7. The van der Waals surface area contributed by atoms with Gasteiger partial charge in [-0.15, -0.1) is 0 Å². The number of rotatable bonds is 5. The molecule has 42 heavy (non-hydrogen) atoms. The van der Waals surface area contributed by atoms with Crippen LogP contribution in [0.4, 0.5) is 5.69 Å². The monoisotopic (exact) mass is 605 g/mol. The van der Waals surface area contributed by atoms with E-state index >= 15 is 0 Å². The van der Waals surface area contributed by atoms with Crippen molar-refractivity contribution in [3.05, 3.63) is 93.2 Å². The van der Waals surface area contributed by atoms with E-state index in [9.17, 15) is 19.5 Å². The smallest absolute Gasteiger partial charge is 0.337 e. The molecule has 0 radical (unpaired) electrons. The van der Waals surface area contributed by atoms with E-state index in [1.165, 1.54) is 5.01 Å². The summed E-state index contributed by atoms with van der Waals surface area (Å²) in [5, 5.41) is 15.4. The number of ether oxygens (including phenoxy) is 1. The number of anilines is 1. The number of aromatic carboxylic acids is 1. The summed E-state index contributed by atoms with van der Waals surface area (Å²) < 4.78 is 7.08. The van der Waals surface area contributed by atoms with Crippen molar-refractivity contribution in [1.82, 2.24) is 20.2 Å². The van der Waals surface area contributed by atoms with Gasteiger partial charge in [-0.1, -0.05) is 47.5 Å². The van der Waals surface area contributed by atoms with Crippen LogP contribution in [0.2, 0.25) is 10.0 Å². The summed E-state index contributed by atoms with van der Waals surface area (Å²) in [6.45, 7) is 2.19. The fourth-order valence-corrected chi connectivity index (χ4v) is 6.00. The molecule has 3 aromatic carbocycles. The molecule has 4 aromatic rings. The topological polar surface area (TPSA) is 117 Å². The quantitative estimate of drug-likeness (QED) is 0.332. The van der Waals surface area contributed by atoms with Crippen molar-refractivity contribution in [1.29, 1.82) is 0 Å². The maximum Gasteiger partial charge on any atom is 0.337 e. The Bertz CT molecular complexity index is 1720. The molecule has 10 nitrogen and oxygen atoms in total. The molecule has 2 amide bonds. The van der Waals surface area contributed by atoms with Crippen molar-refractivity contribution in [2.24, 2.45) is 7.05 Å². The van der Waals surface area contributed by atoms with Crippen molar-refractivity contribution in [2.75, 3.05) is 31.2 Å². The lowest BCUT2D eigenvalue weighted by Crippen LogP contribution is -2.49. The number of morpholine rings is 1. The predicted octanol–water partition coefficient (Wildman–Crippen LogP) is 4.90. The van der Waals surface area contributed by atoms with Crippen molar-refractivity contribution in [2.45, 2.75) is 6.54 Å². The Morgan fingerprint density at radius 1 is 1.00 bits per heavy atom. The molecular formula is C30H25Cl2N5O5. The molecular weight excluding hydrogens is 581 g/mol. The molecule has 214 valence electrons. The van der Waals surface area contributed by atoms with Crippen LogP contribution in [0.3, 0.4) is 0 Å². The van der Waals surface area contributed by atoms with Crippen LogP contribution in [0.5, 0.6) is 0 Å². The van der Waals surface area contributed by atoms with E-state index in [-0.39, 0.29) is 27.7 Å². The van der Waals surface area contributed by atoms with Gasteiger partial charge in [0.15, 0.2) is 0 Å². The third kappa shape index (κ3) is 5.09. The van der Waals surface area contributed by atoms with Gasteiger partial charge >= 0.3 is 5.97 Å². The minimum atomic E-state index is -1.03. The second kappa shape index (κ2) is 11.1. The van der Waals surface area contributed by atoms with Crippen LogP contribution < -0.4 is 10.3 Å². The van der Waals surface area contributed by atoms with E-state index in [4.69, 9.17) is 27.9 Å². The summed E-state index contributed by atoms with van der Waals surface area (Å²) >= 11 is 13.1. The summed E-state index contributed by atoms with van der Waals surface area (Å²) in [5.74, 6) is -2.06. The minimum Gasteiger partial charge on any atom is -0.478 e. The molecule has 0 bridgehead atoms. The molecule has 2 N–H and O–H groups in total. The van der Waals surface area contributed by atoms with E-state index in [0.29, 0.717) is 59.8 Å². The number of amides is 2. The van der Waals surface area contributed by atoms with Gasteiger partial charge in [0.2, 0.25) is 0 Å². The van der Waals surface area contributed by atoms with Gasteiger partial charge in [-0.2, -0.15) is 5.10 Å². The average molecular weight is 606 g/mol. The van der Waals surface area contributed by atoms with Crippen molar-refractivity contribution in [3.63, 3.8) is 0 Å². The van der Waals surface area contributed by atoms with Crippen LogP contribution in [0.25, 0.3) is 22.3 Å².